The number of hydrogen-bond acceptors (Lipinski definition) is 5. The molecule has 5 heteroatoms. The second kappa shape index (κ2) is 7.56. The van der Waals surface area contributed by atoms with Gasteiger partial charge in [0.1, 0.15) is 5.75 Å². The van der Waals surface area contributed by atoms with E-state index < -0.39 is 0 Å². The number of nitrogens with zero attached hydrogens (tertiary/aromatic N) is 2. The molecule has 0 saturated carbocycles. The Kier molecular flexibility index (Phi) is 5.01. The van der Waals surface area contributed by atoms with Gasteiger partial charge in [0.15, 0.2) is 0 Å². The summed E-state index contributed by atoms with van der Waals surface area (Å²) in [6.45, 7) is 1.39. The van der Waals surface area contributed by atoms with Crippen molar-refractivity contribution in [2.24, 2.45) is 0 Å². The highest BCUT2D eigenvalue weighted by Crippen LogP contribution is 2.16. The van der Waals surface area contributed by atoms with Gasteiger partial charge in [-0.25, -0.2) is 0 Å². The smallest absolute Gasteiger partial charge is 0.247 e. The Morgan fingerprint density at radius 1 is 1.04 bits per heavy atom. The molecule has 23 heavy (non-hydrogen) atoms. The standard InChI is InChI=1S/C18H19N3O2/c1-22-16-9-5-6-14(12-16)10-11-19-13-17-20-21-18(23-17)15-7-3-2-4-8-15/h2-9,12,19H,10-11,13H2,1H3. The molecule has 0 amide bonds. The summed E-state index contributed by atoms with van der Waals surface area (Å²) < 4.78 is 10.9. The van der Waals surface area contributed by atoms with Crippen LogP contribution in [-0.4, -0.2) is 23.9 Å². The van der Waals surface area contributed by atoms with Gasteiger partial charge in [0.05, 0.1) is 13.7 Å². The van der Waals surface area contributed by atoms with Crippen LogP contribution in [0.1, 0.15) is 11.5 Å². The summed E-state index contributed by atoms with van der Waals surface area (Å²) in [5.41, 5.74) is 2.16. The van der Waals surface area contributed by atoms with Crippen molar-refractivity contribution < 1.29 is 9.15 Å². The molecule has 1 heterocycles. The number of rotatable bonds is 7. The van der Waals surface area contributed by atoms with Crippen molar-refractivity contribution >= 4 is 0 Å². The normalized spacial score (nSPS) is 10.7. The molecule has 0 fully saturated rings. The fourth-order valence-corrected chi connectivity index (χ4v) is 2.28. The number of benzene rings is 2. The summed E-state index contributed by atoms with van der Waals surface area (Å²) in [5.74, 6) is 2.02. The summed E-state index contributed by atoms with van der Waals surface area (Å²) >= 11 is 0. The minimum absolute atomic E-state index is 0.551. The molecule has 3 rings (SSSR count). The first-order valence-electron chi connectivity index (χ1n) is 7.56. The lowest BCUT2D eigenvalue weighted by Gasteiger charge is -2.05. The Morgan fingerprint density at radius 2 is 1.91 bits per heavy atom. The summed E-state index contributed by atoms with van der Waals surface area (Å²) in [6.07, 6.45) is 0.914. The van der Waals surface area contributed by atoms with Crippen LogP contribution >= 0.6 is 0 Å². The molecule has 0 saturated heterocycles. The summed E-state index contributed by atoms with van der Waals surface area (Å²) in [5, 5.41) is 11.5. The third-order valence-corrected chi connectivity index (χ3v) is 3.49. The highest BCUT2D eigenvalue weighted by Gasteiger charge is 2.07. The van der Waals surface area contributed by atoms with E-state index in [4.69, 9.17) is 9.15 Å². The van der Waals surface area contributed by atoms with Gasteiger partial charge in [0.25, 0.3) is 0 Å². The summed E-state index contributed by atoms with van der Waals surface area (Å²) in [4.78, 5) is 0. The van der Waals surface area contributed by atoms with E-state index in [0.29, 0.717) is 18.3 Å². The molecule has 0 radical (unpaired) electrons. The van der Waals surface area contributed by atoms with E-state index in [1.807, 2.05) is 48.5 Å². The Bertz CT molecular complexity index is 741. The first kappa shape index (κ1) is 15.2. The van der Waals surface area contributed by atoms with Crippen molar-refractivity contribution in [3.05, 3.63) is 66.1 Å². The first-order valence-corrected chi connectivity index (χ1v) is 7.56. The third-order valence-electron chi connectivity index (χ3n) is 3.49. The largest absolute Gasteiger partial charge is 0.497 e. The zero-order chi connectivity index (χ0) is 15.9. The predicted molar refractivity (Wildman–Crippen MR) is 88.1 cm³/mol. The highest BCUT2D eigenvalue weighted by molar-refractivity contribution is 5.51. The maximum absolute atomic E-state index is 5.65. The molecule has 0 aliphatic carbocycles. The Morgan fingerprint density at radius 3 is 2.74 bits per heavy atom. The molecule has 0 atom stereocenters. The van der Waals surface area contributed by atoms with Crippen LogP contribution in [-0.2, 0) is 13.0 Å². The lowest BCUT2D eigenvalue weighted by Crippen LogP contribution is -2.16. The molecule has 0 aliphatic rings. The monoisotopic (exact) mass is 309 g/mol. The summed E-state index contributed by atoms with van der Waals surface area (Å²) in [7, 11) is 1.68. The second-order valence-corrected chi connectivity index (χ2v) is 5.15. The molecule has 0 aliphatic heterocycles. The van der Waals surface area contributed by atoms with E-state index in [0.717, 1.165) is 24.3 Å². The highest BCUT2D eigenvalue weighted by atomic mass is 16.5. The van der Waals surface area contributed by atoms with Crippen molar-refractivity contribution in [3.63, 3.8) is 0 Å². The van der Waals surface area contributed by atoms with Gasteiger partial charge in [-0.15, -0.1) is 10.2 Å². The van der Waals surface area contributed by atoms with E-state index in [9.17, 15) is 0 Å². The number of nitrogens with one attached hydrogen (secondary N) is 1. The van der Waals surface area contributed by atoms with Crippen LogP contribution in [0.3, 0.4) is 0 Å². The minimum atomic E-state index is 0.551. The zero-order valence-corrected chi connectivity index (χ0v) is 13.0. The lowest BCUT2D eigenvalue weighted by atomic mass is 10.1. The van der Waals surface area contributed by atoms with Gasteiger partial charge in [-0.3, -0.25) is 0 Å². The fourth-order valence-electron chi connectivity index (χ4n) is 2.28. The molecule has 5 nitrogen and oxygen atoms in total. The van der Waals surface area contributed by atoms with Gasteiger partial charge in [-0.05, 0) is 42.8 Å². The van der Waals surface area contributed by atoms with Crippen molar-refractivity contribution in [1.82, 2.24) is 15.5 Å². The van der Waals surface area contributed by atoms with E-state index in [-0.39, 0.29) is 0 Å². The number of methoxy groups -OCH3 is 1. The van der Waals surface area contributed by atoms with Crippen molar-refractivity contribution in [2.75, 3.05) is 13.7 Å². The van der Waals surface area contributed by atoms with Crippen LogP contribution in [0.5, 0.6) is 5.75 Å². The van der Waals surface area contributed by atoms with Crippen LogP contribution in [0.15, 0.2) is 59.0 Å². The number of aromatic nitrogens is 2. The molecule has 0 unspecified atom stereocenters. The average Bonchev–Trinajstić information content (AvgIpc) is 3.09. The molecule has 2 aromatic carbocycles. The van der Waals surface area contributed by atoms with Crippen LogP contribution in [0.2, 0.25) is 0 Å². The molecule has 0 spiro atoms. The molecule has 0 bridgehead atoms. The van der Waals surface area contributed by atoms with E-state index in [1.54, 1.807) is 7.11 Å². The van der Waals surface area contributed by atoms with E-state index in [1.165, 1.54) is 5.56 Å². The van der Waals surface area contributed by atoms with Crippen LogP contribution < -0.4 is 10.1 Å². The second-order valence-electron chi connectivity index (χ2n) is 5.15. The minimum Gasteiger partial charge on any atom is -0.497 e. The fraction of sp³-hybridized carbons (Fsp3) is 0.222. The Balaban J connectivity index is 1.48. The van der Waals surface area contributed by atoms with Gasteiger partial charge >= 0.3 is 0 Å². The molecular weight excluding hydrogens is 290 g/mol. The topological polar surface area (TPSA) is 60.2 Å². The molecule has 118 valence electrons. The van der Waals surface area contributed by atoms with Crippen LogP contribution in [0.25, 0.3) is 11.5 Å². The quantitative estimate of drug-likeness (QED) is 0.680. The zero-order valence-electron chi connectivity index (χ0n) is 13.0. The number of hydrogen-bond donors (Lipinski definition) is 1. The lowest BCUT2D eigenvalue weighted by molar-refractivity contribution is 0.414. The summed E-state index contributed by atoms with van der Waals surface area (Å²) in [6, 6.07) is 17.8. The third kappa shape index (κ3) is 4.17. The van der Waals surface area contributed by atoms with E-state index >= 15 is 0 Å². The van der Waals surface area contributed by atoms with Gasteiger partial charge in [0, 0.05) is 5.56 Å². The maximum Gasteiger partial charge on any atom is 0.247 e. The van der Waals surface area contributed by atoms with Crippen LogP contribution in [0, 0.1) is 0 Å². The maximum atomic E-state index is 5.65. The predicted octanol–water partition coefficient (Wildman–Crippen LogP) is 3.08. The first-order chi connectivity index (χ1) is 11.3. The molecule has 3 aromatic rings. The Labute approximate surface area is 135 Å². The van der Waals surface area contributed by atoms with Crippen molar-refractivity contribution in [2.45, 2.75) is 13.0 Å². The molecule has 1 N–H and O–H groups in total. The van der Waals surface area contributed by atoms with Gasteiger partial charge < -0.3 is 14.5 Å². The van der Waals surface area contributed by atoms with E-state index in [2.05, 4.69) is 21.6 Å². The SMILES string of the molecule is COc1cccc(CCNCc2nnc(-c3ccccc3)o2)c1. The van der Waals surface area contributed by atoms with Crippen molar-refractivity contribution in [3.8, 4) is 17.2 Å². The molecular formula is C18H19N3O2. The average molecular weight is 309 g/mol. The number of ether oxygens (including phenoxy) is 1. The van der Waals surface area contributed by atoms with Crippen molar-refractivity contribution in [1.29, 1.82) is 0 Å². The Hall–Kier alpha value is -2.66. The van der Waals surface area contributed by atoms with Crippen LogP contribution in [0.4, 0.5) is 0 Å². The van der Waals surface area contributed by atoms with Gasteiger partial charge in [0.2, 0.25) is 11.8 Å². The van der Waals surface area contributed by atoms with Gasteiger partial charge in [-0.2, -0.15) is 0 Å². The molecule has 1 aromatic heterocycles. The van der Waals surface area contributed by atoms with Gasteiger partial charge in [-0.1, -0.05) is 30.3 Å².